The maximum absolute atomic E-state index is 12.1. The molecule has 2 aromatic heterocycles. The van der Waals surface area contributed by atoms with Crippen LogP contribution in [0.4, 0.5) is 5.69 Å². The first kappa shape index (κ1) is 14.6. The van der Waals surface area contributed by atoms with Gasteiger partial charge in [-0.25, -0.2) is 14.3 Å². The van der Waals surface area contributed by atoms with Crippen molar-refractivity contribution in [1.29, 1.82) is 5.41 Å². The van der Waals surface area contributed by atoms with Gasteiger partial charge in [0.2, 0.25) is 5.88 Å². The highest BCUT2D eigenvalue weighted by Gasteiger charge is 2.14. The van der Waals surface area contributed by atoms with Gasteiger partial charge in [0.1, 0.15) is 5.82 Å². The minimum atomic E-state index is -0.433. The molecule has 4 N–H and O–H groups in total. The summed E-state index contributed by atoms with van der Waals surface area (Å²) < 4.78 is 2.30. The fourth-order valence-electron chi connectivity index (χ4n) is 2.24. The Hall–Kier alpha value is -3.35. The predicted molar refractivity (Wildman–Crippen MR) is 87.3 cm³/mol. The van der Waals surface area contributed by atoms with E-state index in [9.17, 15) is 9.90 Å². The standard InChI is InChI=1S/C16H15N5O2/c1-20-14(22)9-21(16(20)23)13-7-11(12(17)8-19-13)15(18)10-5-3-2-4-6-10/h2-9,18,22H,17H2,1H3. The summed E-state index contributed by atoms with van der Waals surface area (Å²) in [6.45, 7) is 0. The Morgan fingerprint density at radius 1 is 1.30 bits per heavy atom. The van der Waals surface area contributed by atoms with Gasteiger partial charge >= 0.3 is 5.69 Å². The van der Waals surface area contributed by atoms with Gasteiger partial charge in [-0.1, -0.05) is 30.3 Å². The number of nitrogens with two attached hydrogens (primary N) is 1. The Morgan fingerprint density at radius 2 is 2.00 bits per heavy atom. The third-order valence-electron chi connectivity index (χ3n) is 3.58. The summed E-state index contributed by atoms with van der Waals surface area (Å²) in [6.07, 6.45) is 2.68. The molecule has 0 amide bonds. The molecule has 23 heavy (non-hydrogen) atoms. The number of pyridine rings is 1. The quantitative estimate of drug-likeness (QED) is 0.633. The van der Waals surface area contributed by atoms with E-state index in [0.717, 1.165) is 4.57 Å². The van der Waals surface area contributed by atoms with Crippen LogP contribution in [0, 0.1) is 5.41 Å². The van der Waals surface area contributed by atoms with E-state index in [4.69, 9.17) is 11.1 Å². The molecule has 0 bridgehead atoms. The van der Waals surface area contributed by atoms with Crippen molar-refractivity contribution in [3.8, 4) is 11.7 Å². The van der Waals surface area contributed by atoms with Crippen LogP contribution in [0.3, 0.4) is 0 Å². The highest BCUT2D eigenvalue weighted by Crippen LogP contribution is 2.19. The molecule has 1 aromatic carbocycles. The SMILES string of the molecule is Cn1c(O)cn(-c2cc(C(=N)c3ccccc3)c(N)cn2)c1=O. The van der Waals surface area contributed by atoms with E-state index < -0.39 is 5.69 Å². The molecule has 0 atom stereocenters. The fraction of sp³-hybridized carbons (Fsp3) is 0.0625. The molecule has 7 nitrogen and oxygen atoms in total. The van der Waals surface area contributed by atoms with Crippen molar-refractivity contribution in [3.63, 3.8) is 0 Å². The number of aromatic nitrogens is 3. The van der Waals surface area contributed by atoms with Gasteiger partial charge in [-0.3, -0.25) is 9.98 Å². The van der Waals surface area contributed by atoms with Crippen molar-refractivity contribution in [1.82, 2.24) is 14.1 Å². The van der Waals surface area contributed by atoms with Gasteiger partial charge < -0.3 is 10.8 Å². The smallest absolute Gasteiger partial charge is 0.336 e. The van der Waals surface area contributed by atoms with Crippen LogP contribution in [-0.2, 0) is 7.05 Å². The molecule has 7 heteroatoms. The molecule has 2 heterocycles. The van der Waals surface area contributed by atoms with E-state index in [0.29, 0.717) is 16.8 Å². The van der Waals surface area contributed by atoms with Gasteiger partial charge in [-0.2, -0.15) is 0 Å². The normalized spacial score (nSPS) is 10.7. The molecule has 0 spiro atoms. The second-order valence-corrected chi connectivity index (χ2v) is 5.07. The van der Waals surface area contributed by atoms with Crippen LogP contribution in [0.15, 0.2) is 53.6 Å². The lowest BCUT2D eigenvalue weighted by Gasteiger charge is -2.09. The zero-order chi connectivity index (χ0) is 16.6. The molecular formula is C16H15N5O2. The minimum Gasteiger partial charge on any atom is -0.493 e. The number of rotatable bonds is 3. The third-order valence-corrected chi connectivity index (χ3v) is 3.58. The van der Waals surface area contributed by atoms with Crippen molar-refractivity contribution < 1.29 is 5.11 Å². The Balaban J connectivity index is 2.12. The Kier molecular flexibility index (Phi) is 3.46. The molecule has 3 rings (SSSR count). The molecule has 0 aliphatic carbocycles. The molecule has 0 radical (unpaired) electrons. The van der Waals surface area contributed by atoms with E-state index >= 15 is 0 Å². The van der Waals surface area contributed by atoms with Crippen LogP contribution >= 0.6 is 0 Å². The van der Waals surface area contributed by atoms with E-state index in [1.807, 2.05) is 30.3 Å². The second-order valence-electron chi connectivity index (χ2n) is 5.07. The monoisotopic (exact) mass is 309 g/mol. The van der Waals surface area contributed by atoms with Crippen LogP contribution in [-0.4, -0.2) is 24.9 Å². The lowest BCUT2D eigenvalue weighted by Crippen LogP contribution is -2.21. The molecule has 0 fully saturated rings. The van der Waals surface area contributed by atoms with E-state index in [1.54, 1.807) is 6.07 Å². The fourth-order valence-corrected chi connectivity index (χ4v) is 2.24. The number of nitrogen functional groups attached to an aromatic ring is 1. The summed E-state index contributed by atoms with van der Waals surface area (Å²) in [5, 5.41) is 18.0. The molecule has 0 saturated heterocycles. The van der Waals surface area contributed by atoms with Crippen molar-refractivity contribution in [2.75, 3.05) is 5.73 Å². The number of nitrogens with zero attached hydrogens (tertiary/aromatic N) is 3. The van der Waals surface area contributed by atoms with E-state index in [-0.39, 0.29) is 17.4 Å². The summed E-state index contributed by atoms with van der Waals surface area (Å²) in [5.74, 6) is 0.115. The van der Waals surface area contributed by atoms with Gasteiger partial charge in [0.05, 0.1) is 23.8 Å². The van der Waals surface area contributed by atoms with E-state index in [2.05, 4.69) is 4.98 Å². The zero-order valence-electron chi connectivity index (χ0n) is 12.4. The zero-order valence-corrected chi connectivity index (χ0v) is 12.4. The molecule has 0 aliphatic rings. The van der Waals surface area contributed by atoms with Gasteiger partial charge in [0.25, 0.3) is 0 Å². The van der Waals surface area contributed by atoms with Crippen molar-refractivity contribution >= 4 is 11.4 Å². The van der Waals surface area contributed by atoms with E-state index in [1.165, 1.54) is 24.0 Å². The number of imidazole rings is 1. The second kappa shape index (κ2) is 5.45. The number of benzene rings is 1. The summed E-state index contributed by atoms with van der Waals surface area (Å²) in [7, 11) is 1.46. The first-order valence-electron chi connectivity index (χ1n) is 6.86. The average Bonchev–Trinajstić information content (AvgIpc) is 2.83. The third kappa shape index (κ3) is 2.48. The van der Waals surface area contributed by atoms with Crippen LogP contribution < -0.4 is 11.4 Å². The summed E-state index contributed by atoms with van der Waals surface area (Å²) in [4.78, 5) is 16.2. The first-order chi connectivity index (χ1) is 11.0. The summed E-state index contributed by atoms with van der Waals surface area (Å²) in [5.41, 5.74) is 7.26. The summed E-state index contributed by atoms with van der Waals surface area (Å²) in [6, 6.07) is 10.7. The maximum Gasteiger partial charge on any atom is 0.336 e. The molecule has 116 valence electrons. The number of nitrogens with one attached hydrogen (secondary N) is 1. The van der Waals surface area contributed by atoms with Gasteiger partial charge in [0.15, 0.2) is 0 Å². The van der Waals surface area contributed by atoms with Gasteiger partial charge in [-0.15, -0.1) is 0 Å². The number of aromatic hydroxyl groups is 1. The molecule has 0 saturated carbocycles. The Morgan fingerprint density at radius 3 is 2.61 bits per heavy atom. The highest BCUT2D eigenvalue weighted by atomic mass is 16.3. The number of hydrogen-bond acceptors (Lipinski definition) is 5. The highest BCUT2D eigenvalue weighted by molar-refractivity contribution is 6.13. The topological polar surface area (TPSA) is 110 Å². The maximum atomic E-state index is 12.1. The van der Waals surface area contributed by atoms with Crippen LogP contribution in [0.5, 0.6) is 5.88 Å². The summed E-state index contributed by atoms with van der Waals surface area (Å²) >= 11 is 0. The molecular weight excluding hydrogens is 294 g/mol. The first-order valence-corrected chi connectivity index (χ1v) is 6.86. The minimum absolute atomic E-state index is 0.173. The number of anilines is 1. The van der Waals surface area contributed by atoms with Crippen molar-refractivity contribution in [3.05, 3.63) is 70.4 Å². The number of hydrogen-bond donors (Lipinski definition) is 3. The Bertz CT molecular complexity index is 941. The largest absolute Gasteiger partial charge is 0.493 e. The van der Waals surface area contributed by atoms with Crippen LogP contribution in [0.2, 0.25) is 0 Å². The predicted octanol–water partition coefficient (Wildman–Crippen LogP) is 1.27. The lowest BCUT2D eigenvalue weighted by atomic mass is 10.0. The lowest BCUT2D eigenvalue weighted by molar-refractivity contribution is 0.429. The average molecular weight is 309 g/mol. The van der Waals surface area contributed by atoms with Crippen LogP contribution in [0.1, 0.15) is 11.1 Å². The van der Waals surface area contributed by atoms with Crippen molar-refractivity contribution in [2.45, 2.75) is 0 Å². The van der Waals surface area contributed by atoms with Crippen LogP contribution in [0.25, 0.3) is 5.82 Å². The molecule has 0 aliphatic heterocycles. The van der Waals surface area contributed by atoms with Gasteiger partial charge in [-0.05, 0) is 6.07 Å². The Labute approximate surface area is 131 Å². The van der Waals surface area contributed by atoms with Crippen molar-refractivity contribution in [2.24, 2.45) is 7.05 Å². The molecule has 0 unspecified atom stereocenters. The molecule has 3 aromatic rings. The van der Waals surface area contributed by atoms with Gasteiger partial charge in [0, 0.05) is 18.2 Å².